The average Bonchev–Trinajstić information content (AvgIpc) is 3.28. The molecule has 0 amide bonds. The number of ether oxygens (including phenoxy) is 1. The number of benzene rings is 1. The van der Waals surface area contributed by atoms with Gasteiger partial charge in [0.05, 0.1) is 18.1 Å². The van der Waals surface area contributed by atoms with Gasteiger partial charge in [0.25, 0.3) is 5.69 Å². The molecule has 1 aliphatic carbocycles. The van der Waals surface area contributed by atoms with Crippen molar-refractivity contribution in [2.24, 2.45) is 5.92 Å². The lowest BCUT2D eigenvalue weighted by atomic mass is 10.00. The predicted octanol–water partition coefficient (Wildman–Crippen LogP) is 3.06. The van der Waals surface area contributed by atoms with Crippen molar-refractivity contribution in [1.29, 1.82) is 0 Å². The van der Waals surface area contributed by atoms with Crippen molar-refractivity contribution in [3.63, 3.8) is 0 Å². The molecule has 1 fully saturated rings. The summed E-state index contributed by atoms with van der Waals surface area (Å²) in [4.78, 5) is 10.6. The van der Waals surface area contributed by atoms with Crippen LogP contribution in [0.5, 0.6) is 5.75 Å². The predicted molar refractivity (Wildman–Crippen MR) is 78.1 cm³/mol. The summed E-state index contributed by atoms with van der Waals surface area (Å²) in [6.07, 6.45) is 3.83. The van der Waals surface area contributed by atoms with Crippen molar-refractivity contribution in [1.82, 2.24) is 5.32 Å². The SMILES string of the molecule is CCCNC(Cc1cc(OC)c(F)cc1[N+](=O)[O-])C1CC1. The van der Waals surface area contributed by atoms with Gasteiger partial charge in [0.15, 0.2) is 11.6 Å². The molecule has 2 rings (SSSR count). The molecule has 0 spiro atoms. The molecule has 6 heteroatoms. The number of nitro groups is 1. The lowest BCUT2D eigenvalue weighted by molar-refractivity contribution is -0.385. The molecule has 5 nitrogen and oxygen atoms in total. The fraction of sp³-hybridized carbons (Fsp3) is 0.600. The van der Waals surface area contributed by atoms with E-state index in [-0.39, 0.29) is 17.5 Å². The fourth-order valence-corrected chi connectivity index (χ4v) is 2.55. The minimum atomic E-state index is -0.697. The Morgan fingerprint density at radius 2 is 2.24 bits per heavy atom. The number of halogens is 1. The molecular weight excluding hydrogens is 275 g/mol. The molecule has 21 heavy (non-hydrogen) atoms. The monoisotopic (exact) mass is 296 g/mol. The van der Waals surface area contributed by atoms with Crippen LogP contribution in [0.15, 0.2) is 12.1 Å². The maximum absolute atomic E-state index is 13.7. The third-order valence-electron chi connectivity index (χ3n) is 3.84. The number of rotatable bonds is 8. The number of nitro benzene ring substituents is 1. The van der Waals surface area contributed by atoms with Gasteiger partial charge in [-0.05, 0) is 44.2 Å². The van der Waals surface area contributed by atoms with E-state index in [4.69, 9.17) is 4.74 Å². The normalized spacial score (nSPS) is 15.8. The maximum Gasteiger partial charge on any atom is 0.275 e. The first kappa shape index (κ1) is 15.7. The zero-order valence-electron chi connectivity index (χ0n) is 12.4. The first-order valence-electron chi connectivity index (χ1n) is 7.31. The van der Waals surface area contributed by atoms with Crippen molar-refractivity contribution < 1.29 is 14.1 Å². The van der Waals surface area contributed by atoms with Crippen LogP contribution in [0.25, 0.3) is 0 Å². The molecule has 1 aromatic rings. The van der Waals surface area contributed by atoms with E-state index in [1.54, 1.807) is 0 Å². The van der Waals surface area contributed by atoms with Gasteiger partial charge in [-0.1, -0.05) is 6.92 Å². The molecule has 1 unspecified atom stereocenters. The molecule has 0 aliphatic heterocycles. The van der Waals surface area contributed by atoms with Crippen LogP contribution in [-0.2, 0) is 6.42 Å². The Balaban J connectivity index is 2.25. The Bertz CT molecular complexity index is 518. The minimum Gasteiger partial charge on any atom is -0.494 e. The van der Waals surface area contributed by atoms with Crippen molar-refractivity contribution in [2.75, 3.05) is 13.7 Å². The van der Waals surface area contributed by atoms with Gasteiger partial charge in [-0.25, -0.2) is 4.39 Å². The molecule has 1 saturated carbocycles. The van der Waals surface area contributed by atoms with Crippen molar-refractivity contribution >= 4 is 5.69 Å². The summed E-state index contributed by atoms with van der Waals surface area (Å²) in [6, 6.07) is 2.62. The third-order valence-corrected chi connectivity index (χ3v) is 3.84. The maximum atomic E-state index is 13.7. The zero-order chi connectivity index (χ0) is 15.4. The van der Waals surface area contributed by atoms with Crippen LogP contribution in [-0.4, -0.2) is 24.6 Å². The number of methoxy groups -OCH3 is 1. The van der Waals surface area contributed by atoms with Crippen LogP contribution in [0.3, 0.4) is 0 Å². The molecule has 0 radical (unpaired) electrons. The summed E-state index contributed by atoms with van der Waals surface area (Å²) in [6.45, 7) is 2.97. The number of nitrogens with one attached hydrogen (secondary N) is 1. The van der Waals surface area contributed by atoms with Gasteiger partial charge in [-0.3, -0.25) is 10.1 Å². The fourth-order valence-electron chi connectivity index (χ4n) is 2.55. The molecule has 1 aliphatic rings. The van der Waals surface area contributed by atoms with E-state index >= 15 is 0 Å². The van der Waals surface area contributed by atoms with E-state index in [2.05, 4.69) is 12.2 Å². The second-order valence-electron chi connectivity index (χ2n) is 5.47. The highest BCUT2D eigenvalue weighted by Crippen LogP contribution is 2.36. The summed E-state index contributed by atoms with van der Waals surface area (Å²) >= 11 is 0. The van der Waals surface area contributed by atoms with Gasteiger partial charge in [-0.2, -0.15) is 0 Å². The van der Waals surface area contributed by atoms with E-state index in [1.807, 2.05) is 0 Å². The van der Waals surface area contributed by atoms with Gasteiger partial charge < -0.3 is 10.1 Å². The second kappa shape index (κ2) is 6.85. The van der Waals surface area contributed by atoms with Gasteiger partial charge >= 0.3 is 0 Å². The highest BCUT2D eigenvalue weighted by atomic mass is 19.1. The average molecular weight is 296 g/mol. The standard InChI is InChI=1S/C15H21FN2O3/c1-3-6-17-13(10-4-5-10)7-11-8-15(21-2)12(16)9-14(11)18(19)20/h8-10,13,17H,3-7H2,1-2H3. The summed E-state index contributed by atoms with van der Waals surface area (Å²) in [5, 5.41) is 14.6. The van der Waals surface area contributed by atoms with Gasteiger partial charge in [0, 0.05) is 11.6 Å². The van der Waals surface area contributed by atoms with Crippen LogP contribution >= 0.6 is 0 Å². The van der Waals surface area contributed by atoms with Crippen LogP contribution < -0.4 is 10.1 Å². The number of hydrogen-bond acceptors (Lipinski definition) is 4. The van der Waals surface area contributed by atoms with E-state index in [9.17, 15) is 14.5 Å². The molecule has 0 aromatic heterocycles. The van der Waals surface area contributed by atoms with Gasteiger partial charge in [0.1, 0.15) is 0 Å². The van der Waals surface area contributed by atoms with Crippen LogP contribution in [0, 0.1) is 21.8 Å². The summed E-state index contributed by atoms with van der Waals surface area (Å²) in [7, 11) is 1.36. The largest absolute Gasteiger partial charge is 0.494 e. The molecule has 1 aromatic carbocycles. The molecule has 0 saturated heterocycles. The highest BCUT2D eigenvalue weighted by molar-refractivity contribution is 5.46. The van der Waals surface area contributed by atoms with Gasteiger partial charge in [0.2, 0.25) is 0 Å². The number of nitrogens with zero attached hydrogens (tertiary/aromatic N) is 1. The topological polar surface area (TPSA) is 64.4 Å². The Hall–Kier alpha value is -1.69. The first-order valence-corrected chi connectivity index (χ1v) is 7.31. The van der Waals surface area contributed by atoms with Gasteiger partial charge in [-0.15, -0.1) is 0 Å². The van der Waals surface area contributed by atoms with Crippen LogP contribution in [0.2, 0.25) is 0 Å². The van der Waals surface area contributed by atoms with Crippen molar-refractivity contribution in [3.8, 4) is 5.75 Å². The van der Waals surface area contributed by atoms with Crippen molar-refractivity contribution in [2.45, 2.75) is 38.6 Å². The van der Waals surface area contributed by atoms with Crippen LogP contribution in [0.4, 0.5) is 10.1 Å². The molecule has 0 bridgehead atoms. The number of hydrogen-bond donors (Lipinski definition) is 1. The molecule has 0 heterocycles. The quantitative estimate of drug-likeness (QED) is 0.591. The molecule has 1 atom stereocenters. The van der Waals surface area contributed by atoms with E-state index in [0.29, 0.717) is 17.9 Å². The van der Waals surface area contributed by atoms with E-state index in [0.717, 1.165) is 31.9 Å². The summed E-state index contributed by atoms with van der Waals surface area (Å²) < 4.78 is 18.6. The lowest BCUT2D eigenvalue weighted by Crippen LogP contribution is -2.33. The zero-order valence-corrected chi connectivity index (χ0v) is 12.4. The first-order chi connectivity index (χ1) is 10.1. The van der Waals surface area contributed by atoms with E-state index < -0.39 is 10.7 Å². The second-order valence-corrected chi connectivity index (χ2v) is 5.47. The minimum absolute atomic E-state index is 0.0561. The smallest absolute Gasteiger partial charge is 0.275 e. The Morgan fingerprint density at radius 1 is 1.52 bits per heavy atom. The Kier molecular flexibility index (Phi) is 5.12. The summed E-state index contributed by atoms with van der Waals surface area (Å²) in [5.74, 6) is -0.0784. The third kappa shape index (κ3) is 3.91. The van der Waals surface area contributed by atoms with Crippen LogP contribution in [0.1, 0.15) is 31.7 Å². The molecular formula is C15H21FN2O3. The lowest BCUT2D eigenvalue weighted by Gasteiger charge is -2.18. The Morgan fingerprint density at radius 3 is 2.76 bits per heavy atom. The van der Waals surface area contributed by atoms with Crippen molar-refractivity contribution in [3.05, 3.63) is 33.6 Å². The molecule has 116 valence electrons. The highest BCUT2D eigenvalue weighted by Gasteiger charge is 2.32. The molecule has 1 N–H and O–H groups in total. The van der Waals surface area contributed by atoms with E-state index in [1.165, 1.54) is 13.2 Å². The Labute approximate surface area is 123 Å². The summed E-state index contributed by atoms with van der Waals surface area (Å²) in [5.41, 5.74) is 0.357.